The lowest BCUT2D eigenvalue weighted by Gasteiger charge is -2.35. The molecule has 7 nitrogen and oxygen atoms in total. The van der Waals surface area contributed by atoms with Crippen molar-refractivity contribution in [2.45, 2.75) is 4.90 Å². The van der Waals surface area contributed by atoms with Crippen LogP contribution in [0.4, 0.5) is 5.69 Å². The zero-order chi connectivity index (χ0) is 23.0. The Balaban J connectivity index is 1.35. The molecule has 0 bridgehead atoms. The van der Waals surface area contributed by atoms with E-state index in [0.29, 0.717) is 46.9 Å². The average Bonchev–Trinajstić information content (AvgIpc) is 2.86. The van der Waals surface area contributed by atoms with E-state index in [4.69, 9.17) is 0 Å². The minimum absolute atomic E-state index is 0.259. The number of halogens is 1. The van der Waals surface area contributed by atoms with E-state index in [0.717, 1.165) is 10.8 Å². The molecule has 4 aromatic rings. The fourth-order valence-electron chi connectivity index (χ4n) is 4.04. The van der Waals surface area contributed by atoms with Gasteiger partial charge in [-0.15, -0.1) is 0 Å². The number of para-hydroxylation sites is 1. The van der Waals surface area contributed by atoms with Crippen LogP contribution in [0, 0.1) is 0 Å². The maximum absolute atomic E-state index is 13.2. The molecular formula is C24H21BrN4O3S. The van der Waals surface area contributed by atoms with Crippen molar-refractivity contribution < 1.29 is 8.42 Å². The van der Waals surface area contributed by atoms with E-state index in [-0.39, 0.29) is 5.56 Å². The number of sulfonamides is 1. The number of hydrogen-bond donors (Lipinski definition) is 0. The van der Waals surface area contributed by atoms with Gasteiger partial charge >= 0.3 is 0 Å². The molecular weight excluding hydrogens is 504 g/mol. The highest BCUT2D eigenvalue weighted by Gasteiger charge is 2.30. The summed E-state index contributed by atoms with van der Waals surface area (Å²) in [6.07, 6.45) is 1.64. The Bertz CT molecular complexity index is 1480. The van der Waals surface area contributed by atoms with E-state index in [9.17, 15) is 13.2 Å². The number of nitrogens with zero attached hydrogens (tertiary/aromatic N) is 4. The molecule has 1 aliphatic heterocycles. The monoisotopic (exact) mass is 524 g/mol. The van der Waals surface area contributed by atoms with Crippen LogP contribution >= 0.6 is 15.9 Å². The molecule has 0 aliphatic carbocycles. The van der Waals surface area contributed by atoms with Gasteiger partial charge in [0.25, 0.3) is 5.56 Å². The number of benzene rings is 3. The molecule has 1 saturated heterocycles. The van der Waals surface area contributed by atoms with E-state index in [1.165, 1.54) is 8.99 Å². The normalized spacial score (nSPS) is 15.1. The van der Waals surface area contributed by atoms with Gasteiger partial charge in [-0.3, -0.25) is 4.79 Å². The third-order valence-corrected chi connectivity index (χ3v) is 8.48. The number of aromatic nitrogens is 2. The van der Waals surface area contributed by atoms with Crippen molar-refractivity contribution in [2.24, 2.45) is 0 Å². The smallest absolute Gasteiger partial charge is 0.287 e. The van der Waals surface area contributed by atoms with Gasteiger partial charge in [0.05, 0.1) is 22.5 Å². The topological polar surface area (TPSA) is 75.5 Å². The molecule has 0 unspecified atom stereocenters. The second-order valence-corrected chi connectivity index (χ2v) is 10.5. The summed E-state index contributed by atoms with van der Waals surface area (Å²) < 4.78 is 29.7. The number of anilines is 1. The molecule has 0 saturated carbocycles. The lowest BCUT2D eigenvalue weighted by Crippen LogP contribution is -2.49. The first-order valence-corrected chi connectivity index (χ1v) is 12.8. The van der Waals surface area contributed by atoms with Crippen molar-refractivity contribution >= 4 is 42.4 Å². The van der Waals surface area contributed by atoms with Crippen LogP contribution in [0.25, 0.3) is 16.5 Å². The first-order chi connectivity index (χ1) is 15.9. The van der Waals surface area contributed by atoms with Gasteiger partial charge in [0.1, 0.15) is 4.47 Å². The third-order valence-electron chi connectivity index (χ3n) is 5.84. The molecule has 5 rings (SSSR count). The van der Waals surface area contributed by atoms with Crippen molar-refractivity contribution in [3.63, 3.8) is 0 Å². The molecule has 1 aliphatic rings. The molecule has 2 heterocycles. The van der Waals surface area contributed by atoms with Gasteiger partial charge in [-0.05, 0) is 51.0 Å². The van der Waals surface area contributed by atoms with Gasteiger partial charge in [0.2, 0.25) is 10.0 Å². The summed E-state index contributed by atoms with van der Waals surface area (Å²) in [4.78, 5) is 15.1. The van der Waals surface area contributed by atoms with Gasteiger partial charge in [0.15, 0.2) is 0 Å². The summed E-state index contributed by atoms with van der Waals surface area (Å²) in [7, 11) is -3.61. The fraction of sp³-hybridized carbons (Fsp3) is 0.167. The Hall–Kier alpha value is -3.01. The van der Waals surface area contributed by atoms with Gasteiger partial charge in [0, 0.05) is 26.2 Å². The van der Waals surface area contributed by atoms with Crippen LogP contribution < -0.4 is 10.5 Å². The highest BCUT2D eigenvalue weighted by Crippen LogP contribution is 2.26. The van der Waals surface area contributed by atoms with E-state index < -0.39 is 10.0 Å². The van der Waals surface area contributed by atoms with Crippen LogP contribution in [0.2, 0.25) is 0 Å². The largest absolute Gasteiger partial charge is 0.367 e. The zero-order valence-corrected chi connectivity index (χ0v) is 20.0. The molecule has 33 heavy (non-hydrogen) atoms. The van der Waals surface area contributed by atoms with E-state index in [1.807, 2.05) is 65.6 Å². The minimum atomic E-state index is -3.61. The van der Waals surface area contributed by atoms with Crippen molar-refractivity contribution in [3.05, 3.63) is 93.8 Å². The van der Waals surface area contributed by atoms with Crippen LogP contribution in [-0.2, 0) is 10.0 Å². The Morgan fingerprint density at radius 3 is 2.21 bits per heavy atom. The molecule has 1 fully saturated rings. The first-order valence-electron chi connectivity index (χ1n) is 10.5. The van der Waals surface area contributed by atoms with Gasteiger partial charge in [-0.25, -0.2) is 8.42 Å². The Morgan fingerprint density at radius 2 is 1.48 bits per heavy atom. The molecule has 0 N–H and O–H groups in total. The van der Waals surface area contributed by atoms with Crippen molar-refractivity contribution in [1.82, 2.24) is 14.1 Å². The fourth-order valence-corrected chi connectivity index (χ4v) is 6.02. The highest BCUT2D eigenvalue weighted by atomic mass is 79.9. The molecule has 0 spiro atoms. The Kier molecular flexibility index (Phi) is 5.77. The van der Waals surface area contributed by atoms with Gasteiger partial charge < -0.3 is 4.90 Å². The number of piperazine rings is 1. The molecule has 1 aromatic heterocycles. The minimum Gasteiger partial charge on any atom is -0.367 e. The predicted molar refractivity (Wildman–Crippen MR) is 132 cm³/mol. The first kappa shape index (κ1) is 21.8. The summed E-state index contributed by atoms with van der Waals surface area (Å²) in [5.74, 6) is 0. The summed E-state index contributed by atoms with van der Waals surface area (Å²) in [5, 5.41) is 6.23. The standard InChI is InChI=1S/C24H21BrN4O3S/c25-23-22(17-26-29(24(23)30)20-8-2-1-3-9-20)27-12-14-28(15-13-27)33(31,32)21-11-10-18-6-4-5-7-19(18)16-21/h1-11,16-17H,12-15H2. The average molecular weight is 525 g/mol. The molecule has 9 heteroatoms. The highest BCUT2D eigenvalue weighted by molar-refractivity contribution is 9.10. The zero-order valence-electron chi connectivity index (χ0n) is 17.6. The summed E-state index contributed by atoms with van der Waals surface area (Å²) in [6, 6.07) is 22.1. The molecule has 0 amide bonds. The van der Waals surface area contributed by atoms with E-state index >= 15 is 0 Å². The van der Waals surface area contributed by atoms with Crippen LogP contribution in [0.3, 0.4) is 0 Å². The lowest BCUT2D eigenvalue weighted by molar-refractivity contribution is 0.384. The van der Waals surface area contributed by atoms with Gasteiger partial charge in [-0.1, -0.05) is 48.5 Å². The molecule has 3 aromatic carbocycles. The second kappa shape index (κ2) is 8.74. The molecule has 168 valence electrons. The molecule has 0 atom stereocenters. The predicted octanol–water partition coefficient (Wildman–Crippen LogP) is 3.66. The Labute approximate surface area is 200 Å². The van der Waals surface area contributed by atoms with Crippen LogP contribution in [-0.4, -0.2) is 48.7 Å². The van der Waals surface area contributed by atoms with Crippen molar-refractivity contribution in [2.75, 3.05) is 31.1 Å². The summed E-state index contributed by atoms with van der Waals surface area (Å²) in [5.41, 5.74) is 1.08. The number of rotatable bonds is 4. The molecule has 0 radical (unpaired) electrons. The second-order valence-electron chi connectivity index (χ2n) is 7.80. The number of fused-ring (bicyclic) bond motifs is 1. The maximum Gasteiger partial charge on any atom is 0.287 e. The number of hydrogen-bond acceptors (Lipinski definition) is 5. The van der Waals surface area contributed by atoms with Crippen molar-refractivity contribution in [1.29, 1.82) is 0 Å². The quantitative estimate of drug-likeness (QED) is 0.407. The Morgan fingerprint density at radius 1 is 0.818 bits per heavy atom. The third kappa shape index (κ3) is 4.07. The van der Waals surface area contributed by atoms with Crippen LogP contribution in [0.15, 0.2) is 93.2 Å². The lowest BCUT2D eigenvalue weighted by atomic mass is 10.1. The van der Waals surface area contributed by atoms with E-state index in [1.54, 1.807) is 18.3 Å². The summed E-state index contributed by atoms with van der Waals surface area (Å²) in [6.45, 7) is 1.57. The van der Waals surface area contributed by atoms with Crippen LogP contribution in [0.1, 0.15) is 0 Å². The SMILES string of the molecule is O=c1c(Br)c(N2CCN(S(=O)(=O)c3ccc4ccccc4c3)CC2)cnn1-c1ccccc1. The van der Waals surface area contributed by atoms with Gasteiger partial charge in [-0.2, -0.15) is 14.1 Å². The van der Waals surface area contributed by atoms with E-state index in [2.05, 4.69) is 21.0 Å². The van der Waals surface area contributed by atoms with Crippen molar-refractivity contribution in [3.8, 4) is 5.69 Å². The summed E-state index contributed by atoms with van der Waals surface area (Å²) >= 11 is 3.43. The maximum atomic E-state index is 13.2. The van der Waals surface area contributed by atoms with Crippen LogP contribution in [0.5, 0.6) is 0 Å².